The third-order valence-corrected chi connectivity index (χ3v) is 2.06. The predicted molar refractivity (Wildman–Crippen MR) is 68.1 cm³/mol. The van der Waals surface area contributed by atoms with Crippen molar-refractivity contribution in [1.82, 2.24) is 5.32 Å². The van der Waals surface area contributed by atoms with E-state index in [-0.39, 0.29) is 6.03 Å². The molecule has 0 atom stereocenters. The number of carbonyl (C=O) groups excluding carboxylic acids is 1. The number of benzene rings is 1. The van der Waals surface area contributed by atoms with Gasteiger partial charge in [-0.15, -0.1) is 11.8 Å². The van der Waals surface area contributed by atoms with Crippen molar-refractivity contribution >= 4 is 11.7 Å². The second-order valence-corrected chi connectivity index (χ2v) is 3.29. The van der Waals surface area contributed by atoms with Gasteiger partial charge < -0.3 is 15.4 Å². The Labute approximate surface area is 101 Å². The van der Waals surface area contributed by atoms with E-state index in [0.29, 0.717) is 13.0 Å². The average Bonchev–Trinajstić information content (AvgIpc) is 2.36. The molecule has 4 heteroatoms. The number of nitrogens with one attached hydrogen (secondary N) is 2. The Kier molecular flexibility index (Phi) is 5.45. The van der Waals surface area contributed by atoms with Crippen molar-refractivity contribution in [2.24, 2.45) is 0 Å². The largest absolute Gasteiger partial charge is 0.497 e. The van der Waals surface area contributed by atoms with Crippen LogP contribution in [0.5, 0.6) is 5.75 Å². The van der Waals surface area contributed by atoms with Crippen molar-refractivity contribution < 1.29 is 9.53 Å². The van der Waals surface area contributed by atoms with E-state index >= 15 is 0 Å². The molecule has 17 heavy (non-hydrogen) atoms. The normalized spacial score (nSPS) is 8.82. The number of ether oxygens (including phenoxy) is 1. The Hall–Kier alpha value is -2.15. The number of hydrogen-bond acceptors (Lipinski definition) is 2. The summed E-state index contributed by atoms with van der Waals surface area (Å²) in [5.41, 5.74) is 0.727. The Morgan fingerprint density at radius 2 is 2.06 bits per heavy atom. The molecule has 2 amide bonds. The number of amides is 2. The van der Waals surface area contributed by atoms with Crippen molar-refractivity contribution in [3.8, 4) is 17.6 Å². The molecule has 0 aromatic heterocycles. The molecular formula is C13H16N2O2. The first-order valence-corrected chi connectivity index (χ1v) is 5.34. The van der Waals surface area contributed by atoms with Gasteiger partial charge in [0.25, 0.3) is 0 Å². The zero-order chi connectivity index (χ0) is 12.5. The molecule has 0 spiro atoms. The van der Waals surface area contributed by atoms with Crippen LogP contribution in [-0.2, 0) is 0 Å². The molecule has 2 N–H and O–H groups in total. The van der Waals surface area contributed by atoms with Crippen LogP contribution in [0.3, 0.4) is 0 Å². The van der Waals surface area contributed by atoms with Gasteiger partial charge in [-0.2, -0.15) is 0 Å². The SMILES string of the molecule is CC#CCCNC(=O)Nc1ccc(OC)cc1. The lowest BCUT2D eigenvalue weighted by molar-refractivity contribution is 0.252. The lowest BCUT2D eigenvalue weighted by Crippen LogP contribution is -2.29. The quantitative estimate of drug-likeness (QED) is 0.618. The van der Waals surface area contributed by atoms with E-state index < -0.39 is 0 Å². The number of rotatable bonds is 4. The van der Waals surface area contributed by atoms with E-state index in [9.17, 15) is 4.79 Å². The van der Waals surface area contributed by atoms with Crippen LogP contribution in [0.25, 0.3) is 0 Å². The molecule has 0 heterocycles. The van der Waals surface area contributed by atoms with Crippen LogP contribution in [0.15, 0.2) is 24.3 Å². The van der Waals surface area contributed by atoms with Gasteiger partial charge in [0.1, 0.15) is 5.75 Å². The second-order valence-electron chi connectivity index (χ2n) is 3.29. The third-order valence-electron chi connectivity index (χ3n) is 2.06. The highest BCUT2D eigenvalue weighted by Gasteiger charge is 2.00. The minimum atomic E-state index is -0.229. The Morgan fingerprint density at radius 1 is 1.35 bits per heavy atom. The van der Waals surface area contributed by atoms with Gasteiger partial charge in [-0.25, -0.2) is 4.79 Å². The Bertz CT molecular complexity index is 415. The molecular weight excluding hydrogens is 216 g/mol. The van der Waals surface area contributed by atoms with Gasteiger partial charge in [0.15, 0.2) is 0 Å². The van der Waals surface area contributed by atoms with Crippen LogP contribution in [0.2, 0.25) is 0 Å². The minimum absolute atomic E-state index is 0.229. The van der Waals surface area contributed by atoms with Crippen LogP contribution in [-0.4, -0.2) is 19.7 Å². The molecule has 0 saturated heterocycles. The number of carbonyl (C=O) groups is 1. The van der Waals surface area contributed by atoms with Crippen molar-refractivity contribution in [2.45, 2.75) is 13.3 Å². The summed E-state index contributed by atoms with van der Waals surface area (Å²) in [4.78, 5) is 11.4. The first kappa shape index (κ1) is 12.9. The summed E-state index contributed by atoms with van der Waals surface area (Å²) in [6, 6.07) is 6.92. The molecule has 0 fully saturated rings. The van der Waals surface area contributed by atoms with E-state index in [4.69, 9.17) is 4.74 Å². The van der Waals surface area contributed by atoms with E-state index in [1.807, 2.05) is 0 Å². The maximum absolute atomic E-state index is 11.4. The van der Waals surface area contributed by atoms with Crippen molar-refractivity contribution in [2.75, 3.05) is 19.0 Å². The number of anilines is 1. The van der Waals surface area contributed by atoms with Crippen molar-refractivity contribution in [3.05, 3.63) is 24.3 Å². The maximum Gasteiger partial charge on any atom is 0.319 e. The second kappa shape index (κ2) is 7.18. The molecule has 1 rings (SSSR count). The lowest BCUT2D eigenvalue weighted by Gasteiger charge is -2.06. The highest BCUT2D eigenvalue weighted by atomic mass is 16.5. The molecule has 90 valence electrons. The number of urea groups is 1. The fourth-order valence-corrected chi connectivity index (χ4v) is 1.21. The van der Waals surface area contributed by atoms with E-state index in [1.165, 1.54) is 0 Å². The molecule has 0 radical (unpaired) electrons. The average molecular weight is 232 g/mol. The maximum atomic E-state index is 11.4. The molecule has 1 aromatic carbocycles. The zero-order valence-corrected chi connectivity index (χ0v) is 10.0. The fourth-order valence-electron chi connectivity index (χ4n) is 1.21. The van der Waals surface area contributed by atoms with Crippen LogP contribution in [0.1, 0.15) is 13.3 Å². The molecule has 0 aliphatic heterocycles. The monoisotopic (exact) mass is 232 g/mol. The Balaban J connectivity index is 2.36. The van der Waals surface area contributed by atoms with Gasteiger partial charge in [0.2, 0.25) is 0 Å². The highest BCUT2D eigenvalue weighted by molar-refractivity contribution is 5.89. The first-order valence-electron chi connectivity index (χ1n) is 5.34. The molecule has 4 nitrogen and oxygen atoms in total. The van der Waals surface area contributed by atoms with Gasteiger partial charge >= 0.3 is 6.03 Å². The van der Waals surface area contributed by atoms with Crippen LogP contribution >= 0.6 is 0 Å². The van der Waals surface area contributed by atoms with E-state index in [0.717, 1.165) is 11.4 Å². The predicted octanol–water partition coefficient (Wildman–Crippen LogP) is 2.23. The van der Waals surface area contributed by atoms with Gasteiger partial charge in [0.05, 0.1) is 7.11 Å². The number of methoxy groups -OCH3 is 1. The summed E-state index contributed by atoms with van der Waals surface area (Å²) in [5.74, 6) is 6.40. The number of hydrogen-bond donors (Lipinski definition) is 2. The summed E-state index contributed by atoms with van der Waals surface area (Å²) in [6.45, 7) is 2.32. The van der Waals surface area contributed by atoms with Crippen molar-refractivity contribution in [3.63, 3.8) is 0 Å². The summed E-state index contributed by atoms with van der Waals surface area (Å²) >= 11 is 0. The Morgan fingerprint density at radius 3 is 2.65 bits per heavy atom. The van der Waals surface area contributed by atoms with Crippen molar-refractivity contribution in [1.29, 1.82) is 0 Å². The highest BCUT2D eigenvalue weighted by Crippen LogP contribution is 2.14. The van der Waals surface area contributed by atoms with Crippen LogP contribution < -0.4 is 15.4 Å². The van der Waals surface area contributed by atoms with Gasteiger partial charge in [-0.3, -0.25) is 0 Å². The molecule has 0 bridgehead atoms. The minimum Gasteiger partial charge on any atom is -0.497 e. The summed E-state index contributed by atoms with van der Waals surface area (Å²) < 4.78 is 5.02. The molecule has 0 aliphatic rings. The summed E-state index contributed by atoms with van der Waals surface area (Å²) in [7, 11) is 1.60. The first-order chi connectivity index (χ1) is 8.26. The van der Waals surface area contributed by atoms with Gasteiger partial charge in [-0.05, 0) is 31.2 Å². The topological polar surface area (TPSA) is 50.4 Å². The van der Waals surface area contributed by atoms with E-state index in [1.54, 1.807) is 38.3 Å². The molecule has 0 saturated carbocycles. The zero-order valence-electron chi connectivity index (χ0n) is 10.0. The summed E-state index contributed by atoms with van der Waals surface area (Å²) in [5, 5.41) is 5.43. The van der Waals surface area contributed by atoms with Crippen LogP contribution in [0, 0.1) is 11.8 Å². The van der Waals surface area contributed by atoms with E-state index in [2.05, 4.69) is 22.5 Å². The van der Waals surface area contributed by atoms with Gasteiger partial charge in [-0.1, -0.05) is 0 Å². The molecule has 1 aromatic rings. The van der Waals surface area contributed by atoms with Crippen LogP contribution in [0.4, 0.5) is 10.5 Å². The lowest BCUT2D eigenvalue weighted by atomic mass is 10.3. The molecule has 0 unspecified atom stereocenters. The third kappa shape index (κ3) is 4.94. The van der Waals surface area contributed by atoms with Gasteiger partial charge in [0, 0.05) is 18.7 Å². The smallest absolute Gasteiger partial charge is 0.319 e. The summed E-state index contributed by atoms with van der Waals surface area (Å²) in [6.07, 6.45) is 0.659. The fraction of sp³-hybridized carbons (Fsp3) is 0.308. The standard InChI is InChI=1S/C13H16N2O2/c1-3-4-5-10-14-13(16)15-11-6-8-12(17-2)9-7-11/h6-9H,5,10H2,1-2H3,(H2,14,15,16). The molecule has 0 aliphatic carbocycles.